The molecule has 1 saturated heterocycles. The predicted molar refractivity (Wildman–Crippen MR) is 94.6 cm³/mol. The van der Waals surface area contributed by atoms with Gasteiger partial charge in [0.05, 0.1) is 12.7 Å². The minimum atomic E-state index is -3.41. The van der Waals surface area contributed by atoms with E-state index in [-0.39, 0.29) is 11.9 Å². The Hall–Kier alpha value is -1.52. The van der Waals surface area contributed by atoms with Gasteiger partial charge in [-0.2, -0.15) is 0 Å². The molecule has 0 bridgehead atoms. The topological polar surface area (TPSA) is 67.8 Å². The Kier molecular flexibility index (Phi) is 5.16. The van der Waals surface area contributed by atoms with Gasteiger partial charge in [0.15, 0.2) is 5.78 Å². The summed E-state index contributed by atoms with van der Waals surface area (Å²) in [6, 6.07) is 13.6. The molecule has 2 aromatic carbocycles. The molecule has 2 aromatic rings. The number of benzene rings is 2. The largest absolute Gasteiger partial charge is 0.508 e. The van der Waals surface area contributed by atoms with Gasteiger partial charge >= 0.3 is 7.60 Å². The molecule has 3 rings (SSSR count). The van der Waals surface area contributed by atoms with Crippen LogP contribution in [0.25, 0.3) is 0 Å². The fourth-order valence-corrected chi connectivity index (χ4v) is 4.79. The standard InChI is InChI=1S/C17H19ClNO4P/c1-12-10-11-22-24(21,23-12)17(13-2-4-14(18)5-3-13)19-15-6-8-16(20)9-7-15/h2-9,12,17,19-20H,10-11H2,1H3. The van der Waals surface area contributed by atoms with Crippen LogP contribution in [-0.2, 0) is 13.6 Å². The van der Waals surface area contributed by atoms with E-state index < -0.39 is 13.4 Å². The number of nitrogens with one attached hydrogen (secondary N) is 1. The van der Waals surface area contributed by atoms with Crippen LogP contribution in [0.3, 0.4) is 0 Å². The summed E-state index contributed by atoms with van der Waals surface area (Å²) >= 11 is 5.96. The molecule has 24 heavy (non-hydrogen) atoms. The van der Waals surface area contributed by atoms with Crippen LogP contribution < -0.4 is 5.32 Å². The molecule has 0 spiro atoms. The van der Waals surface area contributed by atoms with Crippen LogP contribution in [0, 0.1) is 0 Å². The number of hydrogen-bond acceptors (Lipinski definition) is 5. The van der Waals surface area contributed by atoms with Crippen molar-refractivity contribution in [1.29, 1.82) is 0 Å². The fourth-order valence-electron chi connectivity index (χ4n) is 2.52. The summed E-state index contributed by atoms with van der Waals surface area (Å²) in [7, 11) is -3.41. The zero-order chi connectivity index (χ0) is 17.2. The molecule has 0 aromatic heterocycles. The minimum absolute atomic E-state index is 0.138. The average Bonchev–Trinajstić information content (AvgIpc) is 2.55. The molecule has 0 radical (unpaired) electrons. The summed E-state index contributed by atoms with van der Waals surface area (Å²) < 4.78 is 24.6. The molecule has 3 unspecified atom stereocenters. The van der Waals surface area contributed by atoms with E-state index in [1.807, 2.05) is 6.92 Å². The van der Waals surface area contributed by atoms with E-state index in [1.165, 1.54) is 0 Å². The van der Waals surface area contributed by atoms with Crippen molar-refractivity contribution in [3.05, 3.63) is 59.1 Å². The Morgan fingerprint density at radius 2 is 1.88 bits per heavy atom. The molecule has 0 saturated carbocycles. The highest BCUT2D eigenvalue weighted by atomic mass is 35.5. The SMILES string of the molecule is CC1CCOP(=O)(C(Nc2ccc(O)cc2)c2ccc(Cl)cc2)O1. The third-order valence-electron chi connectivity index (χ3n) is 3.80. The number of hydrogen-bond donors (Lipinski definition) is 2. The van der Waals surface area contributed by atoms with Gasteiger partial charge < -0.3 is 19.5 Å². The highest BCUT2D eigenvalue weighted by Crippen LogP contribution is 2.63. The van der Waals surface area contributed by atoms with E-state index in [0.29, 0.717) is 23.7 Å². The molecule has 1 aliphatic rings. The summed E-state index contributed by atoms with van der Waals surface area (Å²) in [6.45, 7) is 2.27. The quantitative estimate of drug-likeness (QED) is 0.576. The number of phenols is 1. The van der Waals surface area contributed by atoms with E-state index in [2.05, 4.69) is 5.32 Å². The van der Waals surface area contributed by atoms with E-state index >= 15 is 0 Å². The van der Waals surface area contributed by atoms with Gasteiger partial charge in [-0.1, -0.05) is 23.7 Å². The first-order chi connectivity index (χ1) is 11.5. The average molecular weight is 368 g/mol. The summed E-state index contributed by atoms with van der Waals surface area (Å²) in [4.78, 5) is 0. The summed E-state index contributed by atoms with van der Waals surface area (Å²) in [5.41, 5.74) is 1.46. The monoisotopic (exact) mass is 367 g/mol. The number of phenolic OH excluding ortho intramolecular Hbond substituents is 1. The Morgan fingerprint density at radius 3 is 2.50 bits per heavy atom. The van der Waals surface area contributed by atoms with E-state index in [0.717, 1.165) is 5.56 Å². The van der Waals surface area contributed by atoms with Crippen molar-refractivity contribution in [2.24, 2.45) is 0 Å². The molecule has 128 valence electrons. The fraction of sp³-hybridized carbons (Fsp3) is 0.294. The molecule has 1 fully saturated rings. The van der Waals surface area contributed by atoms with Crippen molar-refractivity contribution in [3.63, 3.8) is 0 Å². The maximum Gasteiger partial charge on any atom is 0.357 e. The summed E-state index contributed by atoms with van der Waals surface area (Å²) in [5, 5.41) is 13.2. The smallest absolute Gasteiger partial charge is 0.357 e. The molecule has 0 amide bonds. The number of anilines is 1. The third-order valence-corrected chi connectivity index (χ3v) is 6.30. The molecule has 2 N–H and O–H groups in total. The maximum absolute atomic E-state index is 13.3. The molecular formula is C17H19ClNO4P. The van der Waals surface area contributed by atoms with Gasteiger partial charge in [0, 0.05) is 10.7 Å². The lowest BCUT2D eigenvalue weighted by Gasteiger charge is -2.34. The Morgan fingerprint density at radius 1 is 1.21 bits per heavy atom. The van der Waals surface area contributed by atoms with Crippen LogP contribution >= 0.6 is 19.2 Å². The van der Waals surface area contributed by atoms with Crippen molar-refractivity contribution < 1.29 is 18.7 Å². The lowest BCUT2D eigenvalue weighted by molar-refractivity contribution is 0.0887. The Balaban J connectivity index is 1.95. The molecule has 1 heterocycles. The number of halogens is 1. The minimum Gasteiger partial charge on any atom is -0.508 e. The second-order valence-electron chi connectivity index (χ2n) is 5.72. The van der Waals surface area contributed by atoms with Crippen LogP contribution in [0.4, 0.5) is 5.69 Å². The van der Waals surface area contributed by atoms with Crippen molar-refractivity contribution in [2.45, 2.75) is 25.2 Å². The van der Waals surface area contributed by atoms with Crippen molar-refractivity contribution in [3.8, 4) is 5.75 Å². The second kappa shape index (κ2) is 7.16. The van der Waals surface area contributed by atoms with E-state index in [1.54, 1.807) is 48.5 Å². The molecule has 7 heteroatoms. The molecule has 0 aliphatic carbocycles. The van der Waals surface area contributed by atoms with Gasteiger partial charge in [0.2, 0.25) is 0 Å². The molecule has 1 aliphatic heterocycles. The Bertz CT molecular complexity index is 735. The molecule has 3 atom stereocenters. The summed E-state index contributed by atoms with van der Waals surface area (Å²) in [5.74, 6) is -0.504. The van der Waals surface area contributed by atoms with Crippen LogP contribution in [0.2, 0.25) is 5.02 Å². The predicted octanol–water partition coefficient (Wildman–Crippen LogP) is 5.17. The van der Waals surface area contributed by atoms with Crippen LogP contribution in [-0.4, -0.2) is 17.8 Å². The van der Waals surface area contributed by atoms with Crippen molar-refractivity contribution >= 4 is 24.9 Å². The number of rotatable bonds is 4. The van der Waals surface area contributed by atoms with Crippen molar-refractivity contribution in [1.82, 2.24) is 0 Å². The lowest BCUT2D eigenvalue weighted by atomic mass is 10.2. The molecular weight excluding hydrogens is 349 g/mol. The first-order valence-corrected chi connectivity index (χ1v) is 9.69. The first-order valence-electron chi connectivity index (χ1n) is 7.70. The van der Waals surface area contributed by atoms with Gasteiger partial charge in [-0.3, -0.25) is 4.57 Å². The van der Waals surface area contributed by atoms with Crippen LogP contribution in [0.1, 0.15) is 24.7 Å². The normalized spacial score (nSPS) is 25.2. The van der Waals surface area contributed by atoms with Gasteiger partial charge in [-0.05, 0) is 55.3 Å². The van der Waals surface area contributed by atoms with Crippen molar-refractivity contribution in [2.75, 3.05) is 11.9 Å². The van der Waals surface area contributed by atoms with Gasteiger partial charge in [0.1, 0.15) is 5.75 Å². The van der Waals surface area contributed by atoms with Crippen LogP contribution in [0.5, 0.6) is 5.75 Å². The van der Waals surface area contributed by atoms with E-state index in [9.17, 15) is 9.67 Å². The van der Waals surface area contributed by atoms with Gasteiger partial charge in [-0.15, -0.1) is 0 Å². The zero-order valence-corrected chi connectivity index (χ0v) is 14.8. The maximum atomic E-state index is 13.3. The number of aromatic hydroxyl groups is 1. The second-order valence-corrected chi connectivity index (χ2v) is 8.22. The zero-order valence-electron chi connectivity index (χ0n) is 13.2. The first kappa shape index (κ1) is 17.3. The highest BCUT2D eigenvalue weighted by Gasteiger charge is 2.41. The van der Waals surface area contributed by atoms with Crippen LogP contribution in [0.15, 0.2) is 48.5 Å². The lowest BCUT2D eigenvalue weighted by Crippen LogP contribution is -2.23. The van der Waals surface area contributed by atoms with Gasteiger partial charge in [-0.25, -0.2) is 0 Å². The molecule has 5 nitrogen and oxygen atoms in total. The third kappa shape index (κ3) is 3.93. The van der Waals surface area contributed by atoms with Gasteiger partial charge in [0.25, 0.3) is 0 Å². The highest BCUT2D eigenvalue weighted by molar-refractivity contribution is 7.54. The van der Waals surface area contributed by atoms with E-state index in [4.69, 9.17) is 20.6 Å². The summed E-state index contributed by atoms with van der Waals surface area (Å²) in [6.07, 6.45) is 0.567. The Labute approximate surface area is 146 Å².